The summed E-state index contributed by atoms with van der Waals surface area (Å²) in [5.74, 6) is 0.0687. The van der Waals surface area contributed by atoms with Gasteiger partial charge in [0.05, 0.1) is 6.42 Å². The molecule has 0 aromatic carbocycles. The van der Waals surface area contributed by atoms with Crippen LogP contribution in [-0.4, -0.2) is 32.3 Å². The van der Waals surface area contributed by atoms with Gasteiger partial charge < -0.3 is 4.90 Å². The maximum atomic E-state index is 12.3. The predicted molar refractivity (Wildman–Crippen MR) is 85.3 cm³/mol. The quantitative estimate of drug-likeness (QED) is 0.767. The molecule has 1 fully saturated rings. The number of nitrogens with zero attached hydrogens (tertiary/aromatic N) is 1. The van der Waals surface area contributed by atoms with Crippen LogP contribution in [-0.2, 0) is 20.3 Å². The summed E-state index contributed by atoms with van der Waals surface area (Å²) in [5, 5.41) is 0. The molecule has 7 heteroatoms. The van der Waals surface area contributed by atoms with E-state index in [0.29, 0.717) is 0 Å². The molecule has 1 aliphatic heterocycles. The summed E-state index contributed by atoms with van der Waals surface area (Å²) in [6.45, 7) is 5.96. The van der Waals surface area contributed by atoms with Gasteiger partial charge in [-0.15, -0.1) is 11.3 Å². The van der Waals surface area contributed by atoms with Crippen molar-refractivity contribution in [3.05, 3.63) is 17.0 Å². The minimum atomic E-state index is -3.70. The van der Waals surface area contributed by atoms with Crippen molar-refractivity contribution in [1.82, 2.24) is 4.90 Å². The van der Waals surface area contributed by atoms with E-state index in [1.807, 2.05) is 4.90 Å². The molecule has 0 spiro atoms. The monoisotopic (exact) mass is 349 g/mol. The maximum Gasteiger partial charge on any atom is 0.270 e. The Morgan fingerprint density at radius 1 is 1.38 bits per heavy atom. The lowest BCUT2D eigenvalue weighted by Crippen LogP contribution is -2.32. The first-order valence-electron chi connectivity index (χ1n) is 7.11. The second-order valence-electron chi connectivity index (χ2n) is 5.61. The lowest BCUT2D eigenvalue weighted by molar-refractivity contribution is -0.129. The molecular formula is C14H20ClNO3S2. The summed E-state index contributed by atoms with van der Waals surface area (Å²) in [6.07, 6.45) is 3.47. The molecule has 0 saturated carbocycles. The van der Waals surface area contributed by atoms with Gasteiger partial charge in [-0.05, 0) is 36.8 Å². The van der Waals surface area contributed by atoms with E-state index in [1.165, 1.54) is 6.07 Å². The van der Waals surface area contributed by atoms with Crippen molar-refractivity contribution in [2.24, 2.45) is 5.41 Å². The molecule has 0 radical (unpaired) electrons. The third-order valence-electron chi connectivity index (χ3n) is 4.49. The molecule has 2 rings (SSSR count). The van der Waals surface area contributed by atoms with E-state index in [4.69, 9.17) is 10.7 Å². The van der Waals surface area contributed by atoms with Gasteiger partial charge in [0.15, 0.2) is 0 Å². The fourth-order valence-electron chi connectivity index (χ4n) is 2.82. The molecule has 4 nitrogen and oxygen atoms in total. The van der Waals surface area contributed by atoms with Crippen LogP contribution in [0.5, 0.6) is 0 Å². The first kappa shape index (κ1) is 16.8. The van der Waals surface area contributed by atoms with E-state index >= 15 is 0 Å². The van der Waals surface area contributed by atoms with E-state index in [0.717, 1.165) is 48.6 Å². The molecule has 0 atom stereocenters. The summed E-state index contributed by atoms with van der Waals surface area (Å²) >= 11 is 1.07. The lowest BCUT2D eigenvalue weighted by atomic mass is 9.82. The van der Waals surface area contributed by atoms with Gasteiger partial charge in [-0.3, -0.25) is 4.79 Å². The number of hydrogen-bond donors (Lipinski definition) is 0. The smallest absolute Gasteiger partial charge is 0.270 e. The van der Waals surface area contributed by atoms with Gasteiger partial charge in [0, 0.05) is 28.6 Å². The SMILES string of the molecule is CCC1(CC)CCN(C(=O)Cc2ccc(S(=O)(=O)Cl)s2)C1. The molecule has 0 bridgehead atoms. The van der Waals surface area contributed by atoms with Crippen LogP contribution in [0.4, 0.5) is 0 Å². The highest BCUT2D eigenvalue weighted by Crippen LogP contribution is 2.37. The van der Waals surface area contributed by atoms with Crippen molar-refractivity contribution >= 4 is 37.0 Å². The van der Waals surface area contributed by atoms with Crippen LogP contribution in [0.1, 0.15) is 38.0 Å². The first-order chi connectivity index (χ1) is 9.79. The Hall–Kier alpha value is -0.590. The number of hydrogen-bond acceptors (Lipinski definition) is 4. The second kappa shape index (κ2) is 6.26. The highest BCUT2D eigenvalue weighted by molar-refractivity contribution is 8.15. The number of carbonyl (C=O) groups is 1. The zero-order valence-electron chi connectivity index (χ0n) is 12.3. The van der Waals surface area contributed by atoms with Crippen LogP contribution < -0.4 is 0 Å². The van der Waals surface area contributed by atoms with Crippen LogP contribution in [0.15, 0.2) is 16.3 Å². The number of likely N-dealkylation sites (tertiary alicyclic amines) is 1. The number of rotatable bonds is 5. The standard InChI is InChI=1S/C14H20ClNO3S2/c1-3-14(4-2)7-8-16(10-14)12(17)9-11-5-6-13(20-11)21(15,18)19/h5-6H,3-4,7-10H2,1-2H3. The van der Waals surface area contributed by atoms with Crippen molar-refractivity contribution in [3.63, 3.8) is 0 Å². The Kier molecular flexibility index (Phi) is 5.00. The molecule has 118 valence electrons. The predicted octanol–water partition coefficient (Wildman–Crippen LogP) is 3.26. The first-order valence-corrected chi connectivity index (χ1v) is 10.2. The molecule has 0 aliphatic carbocycles. The minimum absolute atomic E-state index is 0.0687. The average Bonchev–Trinajstić information content (AvgIpc) is 3.05. The van der Waals surface area contributed by atoms with Crippen LogP contribution >= 0.6 is 22.0 Å². The summed E-state index contributed by atoms with van der Waals surface area (Å²) in [5.41, 5.74) is 0.260. The van der Waals surface area contributed by atoms with E-state index in [1.54, 1.807) is 6.07 Å². The summed E-state index contributed by atoms with van der Waals surface area (Å²) in [7, 11) is 1.60. The van der Waals surface area contributed by atoms with Crippen LogP contribution in [0, 0.1) is 5.41 Å². The summed E-state index contributed by atoms with van der Waals surface area (Å²) < 4.78 is 22.6. The summed E-state index contributed by atoms with van der Waals surface area (Å²) in [6, 6.07) is 3.13. The molecule has 1 aromatic rings. The van der Waals surface area contributed by atoms with Gasteiger partial charge in [0.25, 0.3) is 9.05 Å². The average molecular weight is 350 g/mol. The fraction of sp³-hybridized carbons (Fsp3) is 0.643. The molecule has 0 unspecified atom stereocenters. The second-order valence-corrected chi connectivity index (χ2v) is 9.57. The maximum absolute atomic E-state index is 12.3. The summed E-state index contributed by atoms with van der Waals surface area (Å²) in [4.78, 5) is 15.0. The topological polar surface area (TPSA) is 54.5 Å². The Bertz CT molecular complexity index is 620. The van der Waals surface area contributed by atoms with Crippen molar-refractivity contribution in [1.29, 1.82) is 0 Å². The number of halogens is 1. The highest BCUT2D eigenvalue weighted by Gasteiger charge is 2.36. The van der Waals surface area contributed by atoms with Gasteiger partial charge in [-0.1, -0.05) is 13.8 Å². The van der Waals surface area contributed by atoms with Crippen molar-refractivity contribution in [2.75, 3.05) is 13.1 Å². The minimum Gasteiger partial charge on any atom is -0.342 e. The third kappa shape index (κ3) is 3.79. The van der Waals surface area contributed by atoms with E-state index in [-0.39, 0.29) is 22.0 Å². The molecule has 1 saturated heterocycles. The van der Waals surface area contributed by atoms with Gasteiger partial charge in [-0.25, -0.2) is 8.42 Å². The van der Waals surface area contributed by atoms with E-state index < -0.39 is 9.05 Å². The van der Waals surface area contributed by atoms with Gasteiger partial charge in [0.2, 0.25) is 5.91 Å². The van der Waals surface area contributed by atoms with Gasteiger partial charge in [0.1, 0.15) is 4.21 Å². The van der Waals surface area contributed by atoms with Crippen LogP contribution in [0.3, 0.4) is 0 Å². The van der Waals surface area contributed by atoms with Crippen molar-refractivity contribution in [3.8, 4) is 0 Å². The molecule has 0 N–H and O–H groups in total. The highest BCUT2D eigenvalue weighted by atomic mass is 35.7. The Morgan fingerprint density at radius 2 is 2.05 bits per heavy atom. The molecule has 21 heavy (non-hydrogen) atoms. The number of amides is 1. The molecular weight excluding hydrogens is 330 g/mol. The van der Waals surface area contributed by atoms with Crippen LogP contribution in [0.2, 0.25) is 0 Å². The Morgan fingerprint density at radius 3 is 2.52 bits per heavy atom. The zero-order valence-corrected chi connectivity index (χ0v) is 14.7. The number of thiophene rings is 1. The Balaban J connectivity index is 2.01. The molecule has 2 heterocycles. The number of carbonyl (C=O) groups excluding carboxylic acids is 1. The molecule has 1 aromatic heterocycles. The molecule has 1 amide bonds. The van der Waals surface area contributed by atoms with Gasteiger partial charge >= 0.3 is 0 Å². The van der Waals surface area contributed by atoms with Crippen molar-refractivity contribution < 1.29 is 13.2 Å². The largest absolute Gasteiger partial charge is 0.342 e. The van der Waals surface area contributed by atoms with Gasteiger partial charge in [-0.2, -0.15) is 0 Å². The third-order valence-corrected chi connectivity index (χ3v) is 7.67. The van der Waals surface area contributed by atoms with Crippen LogP contribution in [0.25, 0.3) is 0 Å². The van der Waals surface area contributed by atoms with E-state index in [9.17, 15) is 13.2 Å². The zero-order chi connectivity index (χ0) is 15.7. The van der Waals surface area contributed by atoms with E-state index in [2.05, 4.69) is 13.8 Å². The Labute approximate surface area is 134 Å². The van der Waals surface area contributed by atoms with Crippen molar-refractivity contribution in [2.45, 2.75) is 43.7 Å². The fourth-order valence-corrected chi connectivity index (χ4v) is 4.93. The lowest BCUT2D eigenvalue weighted by Gasteiger charge is -2.26. The molecule has 1 aliphatic rings. The normalized spacial score (nSPS) is 18.1.